The Balaban J connectivity index is 1.95. The Morgan fingerprint density at radius 3 is 2.56 bits per heavy atom. The maximum Gasteiger partial charge on any atom is 0.0471 e. The number of fused-ring (bicyclic) bond motifs is 2. The number of hydrogen-bond acceptors (Lipinski definition) is 2. The number of rotatable bonds is 6. The fourth-order valence-corrected chi connectivity index (χ4v) is 4.03. The number of hydrogen-bond donors (Lipinski definition) is 1. The van der Waals surface area contributed by atoms with Gasteiger partial charge in [-0.25, -0.2) is 0 Å². The molecule has 2 aliphatic carbocycles. The van der Waals surface area contributed by atoms with E-state index < -0.39 is 0 Å². The third kappa shape index (κ3) is 3.27. The van der Waals surface area contributed by atoms with Crippen LogP contribution in [0.5, 0.6) is 0 Å². The van der Waals surface area contributed by atoms with Crippen LogP contribution in [0.15, 0.2) is 0 Å². The highest BCUT2D eigenvalue weighted by molar-refractivity contribution is 5.02. The SMILES string of the molecule is CCOCCC1(CNC(C)(C)C)CC2CCC1C2. The number of nitrogens with one attached hydrogen (secondary N) is 1. The summed E-state index contributed by atoms with van der Waals surface area (Å²) in [6.07, 6.45) is 7.12. The zero-order valence-electron chi connectivity index (χ0n) is 12.7. The van der Waals surface area contributed by atoms with E-state index in [1.165, 1.54) is 38.6 Å². The van der Waals surface area contributed by atoms with Crippen LogP contribution in [0.3, 0.4) is 0 Å². The van der Waals surface area contributed by atoms with E-state index in [4.69, 9.17) is 4.74 Å². The van der Waals surface area contributed by atoms with Gasteiger partial charge in [0.15, 0.2) is 0 Å². The van der Waals surface area contributed by atoms with Crippen molar-refractivity contribution in [2.24, 2.45) is 17.3 Å². The molecule has 0 amide bonds. The summed E-state index contributed by atoms with van der Waals surface area (Å²) in [5.74, 6) is 1.97. The van der Waals surface area contributed by atoms with Crippen molar-refractivity contribution >= 4 is 0 Å². The van der Waals surface area contributed by atoms with Crippen molar-refractivity contribution in [1.82, 2.24) is 5.32 Å². The Labute approximate surface area is 113 Å². The average molecular weight is 253 g/mol. The second-order valence-corrected chi connectivity index (χ2v) is 7.49. The van der Waals surface area contributed by atoms with E-state index in [0.717, 1.165) is 25.0 Å². The van der Waals surface area contributed by atoms with Crippen LogP contribution in [-0.2, 0) is 4.74 Å². The molecule has 3 unspecified atom stereocenters. The normalized spacial score (nSPS) is 35.3. The molecule has 2 rings (SSSR count). The first kappa shape index (κ1) is 14.3. The topological polar surface area (TPSA) is 21.3 Å². The van der Waals surface area contributed by atoms with Gasteiger partial charge in [-0.2, -0.15) is 0 Å². The minimum Gasteiger partial charge on any atom is -0.382 e. The predicted octanol–water partition coefficient (Wildman–Crippen LogP) is 3.61. The highest BCUT2D eigenvalue weighted by Crippen LogP contribution is 2.57. The zero-order valence-corrected chi connectivity index (χ0v) is 12.7. The summed E-state index contributed by atoms with van der Waals surface area (Å²) in [5, 5.41) is 3.76. The van der Waals surface area contributed by atoms with Crippen molar-refractivity contribution in [2.75, 3.05) is 19.8 Å². The fraction of sp³-hybridized carbons (Fsp3) is 1.00. The maximum atomic E-state index is 5.63. The Morgan fingerprint density at radius 1 is 1.28 bits per heavy atom. The van der Waals surface area contributed by atoms with Crippen molar-refractivity contribution < 1.29 is 4.74 Å². The molecule has 0 saturated heterocycles. The molecule has 0 spiro atoms. The van der Waals surface area contributed by atoms with E-state index in [1.54, 1.807) is 0 Å². The molecule has 2 bridgehead atoms. The van der Waals surface area contributed by atoms with E-state index in [9.17, 15) is 0 Å². The first-order valence-electron chi connectivity index (χ1n) is 7.78. The van der Waals surface area contributed by atoms with Gasteiger partial charge in [0.1, 0.15) is 0 Å². The van der Waals surface area contributed by atoms with Crippen LogP contribution in [0, 0.1) is 17.3 Å². The van der Waals surface area contributed by atoms with Crippen LogP contribution in [-0.4, -0.2) is 25.3 Å². The summed E-state index contributed by atoms with van der Waals surface area (Å²) in [6, 6.07) is 0. The first-order valence-corrected chi connectivity index (χ1v) is 7.78. The molecular formula is C16H31NO. The lowest BCUT2D eigenvalue weighted by atomic mass is 9.70. The van der Waals surface area contributed by atoms with Crippen LogP contribution in [0.2, 0.25) is 0 Å². The molecular weight excluding hydrogens is 222 g/mol. The third-order valence-corrected chi connectivity index (χ3v) is 5.02. The second kappa shape index (κ2) is 5.50. The van der Waals surface area contributed by atoms with Crippen molar-refractivity contribution in [3.8, 4) is 0 Å². The van der Waals surface area contributed by atoms with Gasteiger partial charge in [0, 0.05) is 25.3 Å². The van der Waals surface area contributed by atoms with Crippen LogP contribution < -0.4 is 5.32 Å². The molecule has 0 aromatic heterocycles. The molecule has 3 atom stereocenters. The van der Waals surface area contributed by atoms with Gasteiger partial charge < -0.3 is 10.1 Å². The van der Waals surface area contributed by atoms with Crippen molar-refractivity contribution in [2.45, 2.75) is 65.3 Å². The van der Waals surface area contributed by atoms with Gasteiger partial charge >= 0.3 is 0 Å². The highest BCUT2D eigenvalue weighted by Gasteiger charge is 2.50. The zero-order chi connectivity index (χ0) is 13.2. The molecule has 0 aromatic rings. The van der Waals surface area contributed by atoms with Crippen LogP contribution in [0.25, 0.3) is 0 Å². The molecule has 2 aliphatic rings. The average Bonchev–Trinajstić information content (AvgIpc) is 2.86. The van der Waals surface area contributed by atoms with Gasteiger partial charge in [-0.3, -0.25) is 0 Å². The van der Waals surface area contributed by atoms with E-state index in [0.29, 0.717) is 5.41 Å². The van der Waals surface area contributed by atoms with Crippen LogP contribution >= 0.6 is 0 Å². The Morgan fingerprint density at radius 2 is 2.06 bits per heavy atom. The van der Waals surface area contributed by atoms with E-state index in [1.807, 2.05) is 0 Å². The number of ether oxygens (including phenoxy) is 1. The van der Waals surface area contributed by atoms with Crippen molar-refractivity contribution in [3.63, 3.8) is 0 Å². The lowest BCUT2D eigenvalue weighted by Gasteiger charge is -2.40. The van der Waals surface area contributed by atoms with Gasteiger partial charge in [0.25, 0.3) is 0 Å². The quantitative estimate of drug-likeness (QED) is 0.730. The molecule has 2 saturated carbocycles. The van der Waals surface area contributed by atoms with Crippen LogP contribution in [0.1, 0.15) is 59.8 Å². The van der Waals surface area contributed by atoms with E-state index in [2.05, 4.69) is 33.0 Å². The summed E-state index contributed by atoms with van der Waals surface area (Å²) in [5.41, 5.74) is 0.770. The minimum atomic E-state index is 0.237. The van der Waals surface area contributed by atoms with Gasteiger partial charge in [-0.1, -0.05) is 6.42 Å². The first-order chi connectivity index (χ1) is 8.45. The van der Waals surface area contributed by atoms with E-state index >= 15 is 0 Å². The molecule has 106 valence electrons. The predicted molar refractivity (Wildman–Crippen MR) is 76.7 cm³/mol. The summed E-state index contributed by atoms with van der Waals surface area (Å²) in [6.45, 7) is 11.9. The molecule has 0 radical (unpaired) electrons. The molecule has 2 fully saturated rings. The van der Waals surface area contributed by atoms with Gasteiger partial charge in [-0.15, -0.1) is 0 Å². The molecule has 2 heteroatoms. The Bertz CT molecular complexity index is 271. The van der Waals surface area contributed by atoms with Crippen molar-refractivity contribution in [1.29, 1.82) is 0 Å². The highest BCUT2D eigenvalue weighted by atomic mass is 16.5. The molecule has 0 heterocycles. The molecule has 1 N–H and O–H groups in total. The molecule has 0 aromatic carbocycles. The Hall–Kier alpha value is -0.0800. The lowest BCUT2D eigenvalue weighted by Crippen LogP contribution is -2.46. The summed E-state index contributed by atoms with van der Waals surface area (Å²) in [4.78, 5) is 0. The minimum absolute atomic E-state index is 0.237. The summed E-state index contributed by atoms with van der Waals surface area (Å²) >= 11 is 0. The lowest BCUT2D eigenvalue weighted by molar-refractivity contribution is 0.0638. The van der Waals surface area contributed by atoms with Crippen molar-refractivity contribution in [3.05, 3.63) is 0 Å². The van der Waals surface area contributed by atoms with Crippen LogP contribution in [0.4, 0.5) is 0 Å². The van der Waals surface area contributed by atoms with Gasteiger partial charge in [0.2, 0.25) is 0 Å². The molecule has 18 heavy (non-hydrogen) atoms. The Kier molecular flexibility index (Phi) is 4.38. The third-order valence-electron chi connectivity index (χ3n) is 5.02. The van der Waals surface area contributed by atoms with E-state index in [-0.39, 0.29) is 5.54 Å². The summed E-state index contributed by atoms with van der Waals surface area (Å²) < 4.78 is 5.63. The monoisotopic (exact) mass is 253 g/mol. The van der Waals surface area contributed by atoms with Gasteiger partial charge in [0.05, 0.1) is 0 Å². The summed E-state index contributed by atoms with van der Waals surface area (Å²) in [7, 11) is 0. The molecule has 2 nitrogen and oxygen atoms in total. The standard InChI is InChI=1S/C16H31NO/c1-5-18-9-8-16(12-17-15(2,3)4)11-13-6-7-14(16)10-13/h13-14,17H,5-12H2,1-4H3. The largest absolute Gasteiger partial charge is 0.382 e. The second-order valence-electron chi connectivity index (χ2n) is 7.49. The fourth-order valence-electron chi connectivity index (χ4n) is 4.03. The van der Waals surface area contributed by atoms with Gasteiger partial charge in [-0.05, 0) is 70.6 Å². The smallest absolute Gasteiger partial charge is 0.0471 e. The maximum absolute atomic E-state index is 5.63. The molecule has 0 aliphatic heterocycles.